The van der Waals surface area contributed by atoms with Gasteiger partial charge >= 0.3 is 6.18 Å². The molecule has 1 aliphatic rings. The van der Waals surface area contributed by atoms with Gasteiger partial charge in [-0.1, -0.05) is 6.92 Å². The summed E-state index contributed by atoms with van der Waals surface area (Å²) in [6.07, 6.45) is -1.39. The number of halogens is 3. The fourth-order valence-electron chi connectivity index (χ4n) is 2.28. The first-order valence-electron chi connectivity index (χ1n) is 5.95. The lowest BCUT2D eigenvalue weighted by molar-refractivity contribution is -0.137. The minimum absolute atomic E-state index is 0.0962. The van der Waals surface area contributed by atoms with Crippen LogP contribution in [-0.2, 0) is 6.18 Å². The molecule has 0 amide bonds. The highest BCUT2D eigenvalue weighted by molar-refractivity contribution is 5.63. The molecule has 1 aromatic heterocycles. The van der Waals surface area contributed by atoms with Gasteiger partial charge in [-0.25, -0.2) is 4.98 Å². The van der Waals surface area contributed by atoms with Gasteiger partial charge in [0.2, 0.25) is 0 Å². The minimum Gasteiger partial charge on any atom is -0.396 e. The van der Waals surface area contributed by atoms with E-state index in [2.05, 4.69) is 11.9 Å². The predicted octanol–water partition coefficient (Wildman–Crippen LogP) is 2.92. The van der Waals surface area contributed by atoms with Crippen LogP contribution in [0.25, 0.3) is 0 Å². The smallest absolute Gasteiger partial charge is 0.396 e. The Labute approximate surface area is 104 Å². The highest BCUT2D eigenvalue weighted by Gasteiger charge is 2.32. The Morgan fingerprint density at radius 1 is 1.44 bits per heavy atom. The van der Waals surface area contributed by atoms with Gasteiger partial charge in [-0.15, -0.1) is 0 Å². The molecule has 2 rings (SSSR count). The molecule has 0 radical (unpaired) electrons. The molecule has 18 heavy (non-hydrogen) atoms. The maximum absolute atomic E-state index is 12.5. The summed E-state index contributed by atoms with van der Waals surface area (Å²) in [5.74, 6) is 0.983. The van der Waals surface area contributed by atoms with E-state index in [4.69, 9.17) is 5.73 Å². The van der Waals surface area contributed by atoms with E-state index in [9.17, 15) is 13.2 Å². The van der Waals surface area contributed by atoms with Gasteiger partial charge in [0.15, 0.2) is 5.82 Å². The van der Waals surface area contributed by atoms with E-state index in [0.29, 0.717) is 11.7 Å². The number of alkyl halides is 3. The van der Waals surface area contributed by atoms with Gasteiger partial charge in [0.25, 0.3) is 0 Å². The highest BCUT2D eigenvalue weighted by atomic mass is 19.4. The molecule has 0 spiro atoms. The molecule has 100 valence electrons. The number of rotatable bonds is 1. The number of nitrogens with zero attached hydrogens (tertiary/aromatic N) is 2. The van der Waals surface area contributed by atoms with Gasteiger partial charge in [0, 0.05) is 19.3 Å². The van der Waals surface area contributed by atoms with Crippen LogP contribution >= 0.6 is 0 Å². The molecule has 1 fully saturated rings. The third-order valence-corrected chi connectivity index (χ3v) is 3.18. The molecular formula is C12H16F3N3. The molecular weight excluding hydrogens is 243 g/mol. The molecule has 6 heteroatoms. The first kappa shape index (κ1) is 13.0. The van der Waals surface area contributed by atoms with E-state index >= 15 is 0 Å². The zero-order chi connectivity index (χ0) is 13.3. The molecule has 0 saturated carbocycles. The first-order chi connectivity index (χ1) is 8.38. The van der Waals surface area contributed by atoms with Crippen molar-refractivity contribution in [2.45, 2.75) is 25.9 Å². The van der Waals surface area contributed by atoms with Crippen LogP contribution in [0.1, 0.15) is 25.3 Å². The zero-order valence-corrected chi connectivity index (χ0v) is 10.2. The van der Waals surface area contributed by atoms with Gasteiger partial charge in [0.05, 0.1) is 11.3 Å². The van der Waals surface area contributed by atoms with Crippen molar-refractivity contribution in [3.63, 3.8) is 0 Å². The Morgan fingerprint density at radius 2 is 2.17 bits per heavy atom. The third kappa shape index (κ3) is 2.68. The minimum atomic E-state index is -4.39. The van der Waals surface area contributed by atoms with Gasteiger partial charge in [-0.2, -0.15) is 13.2 Å². The van der Waals surface area contributed by atoms with Gasteiger partial charge in [0.1, 0.15) is 0 Å². The summed E-state index contributed by atoms with van der Waals surface area (Å²) in [6.45, 7) is 3.71. The SMILES string of the molecule is CC1CCCN(c2ncc(C(F)(F)F)cc2N)C1. The third-order valence-electron chi connectivity index (χ3n) is 3.18. The molecule has 1 saturated heterocycles. The number of aromatic nitrogens is 1. The van der Waals surface area contributed by atoms with Crippen LogP contribution in [0.3, 0.4) is 0 Å². The molecule has 0 aromatic carbocycles. The fourth-order valence-corrected chi connectivity index (χ4v) is 2.28. The van der Waals surface area contributed by atoms with Crippen LogP contribution in [-0.4, -0.2) is 18.1 Å². The molecule has 1 atom stereocenters. The van der Waals surface area contributed by atoms with E-state index in [1.165, 1.54) is 0 Å². The molecule has 0 bridgehead atoms. The van der Waals surface area contributed by atoms with Gasteiger partial charge in [-0.3, -0.25) is 0 Å². The first-order valence-corrected chi connectivity index (χ1v) is 5.95. The van der Waals surface area contributed by atoms with Gasteiger partial charge < -0.3 is 10.6 Å². The summed E-state index contributed by atoms with van der Waals surface area (Å²) in [5.41, 5.74) is 4.99. The van der Waals surface area contributed by atoms with Crippen LogP contribution in [0, 0.1) is 5.92 Å². The van der Waals surface area contributed by atoms with Crippen molar-refractivity contribution in [1.29, 1.82) is 0 Å². The molecule has 2 N–H and O–H groups in total. The van der Waals surface area contributed by atoms with Crippen LogP contribution in [0.5, 0.6) is 0 Å². The number of hydrogen-bond acceptors (Lipinski definition) is 3. The highest BCUT2D eigenvalue weighted by Crippen LogP contribution is 2.33. The average Bonchev–Trinajstić information content (AvgIpc) is 2.27. The van der Waals surface area contributed by atoms with Gasteiger partial charge in [-0.05, 0) is 24.8 Å². The Bertz CT molecular complexity index is 431. The van der Waals surface area contributed by atoms with Crippen LogP contribution < -0.4 is 10.6 Å². The monoisotopic (exact) mass is 259 g/mol. The Hall–Kier alpha value is -1.46. The van der Waals surface area contributed by atoms with Crippen molar-refractivity contribution in [3.05, 3.63) is 17.8 Å². The van der Waals surface area contributed by atoms with Crippen molar-refractivity contribution in [3.8, 4) is 0 Å². The summed E-state index contributed by atoms with van der Waals surface area (Å²) < 4.78 is 37.5. The molecule has 1 aliphatic heterocycles. The van der Waals surface area contributed by atoms with E-state index in [-0.39, 0.29) is 5.69 Å². The van der Waals surface area contributed by atoms with Crippen molar-refractivity contribution in [2.24, 2.45) is 5.92 Å². The lowest BCUT2D eigenvalue weighted by Crippen LogP contribution is -2.35. The largest absolute Gasteiger partial charge is 0.417 e. The normalized spacial score (nSPS) is 21.1. The zero-order valence-electron chi connectivity index (χ0n) is 10.2. The van der Waals surface area contributed by atoms with E-state index in [1.54, 1.807) is 0 Å². The summed E-state index contributed by atoms with van der Waals surface area (Å²) in [6, 6.07) is 0.960. The van der Waals surface area contributed by atoms with Crippen LogP contribution in [0.4, 0.5) is 24.7 Å². The fraction of sp³-hybridized carbons (Fsp3) is 0.583. The van der Waals surface area contributed by atoms with Crippen molar-refractivity contribution < 1.29 is 13.2 Å². The Kier molecular flexibility index (Phi) is 3.36. The maximum Gasteiger partial charge on any atom is 0.417 e. The van der Waals surface area contributed by atoms with Crippen LogP contribution in [0.15, 0.2) is 12.3 Å². The molecule has 1 aromatic rings. The molecule has 0 aliphatic carbocycles. The topological polar surface area (TPSA) is 42.2 Å². The summed E-state index contributed by atoms with van der Waals surface area (Å²) in [5, 5.41) is 0. The molecule has 2 heterocycles. The quantitative estimate of drug-likeness (QED) is 0.843. The lowest BCUT2D eigenvalue weighted by atomic mass is 10.0. The summed E-state index contributed by atoms with van der Waals surface area (Å²) >= 11 is 0. The van der Waals surface area contributed by atoms with E-state index < -0.39 is 11.7 Å². The summed E-state index contributed by atoms with van der Waals surface area (Å²) in [4.78, 5) is 5.85. The number of nitrogens with two attached hydrogens (primary N) is 1. The Morgan fingerprint density at radius 3 is 2.72 bits per heavy atom. The standard InChI is InChI=1S/C12H16F3N3/c1-8-3-2-4-18(7-8)11-10(16)5-9(6-17-11)12(13,14)15/h5-6,8H,2-4,7,16H2,1H3. The molecule has 1 unspecified atom stereocenters. The number of piperidine rings is 1. The maximum atomic E-state index is 12.5. The molecule has 3 nitrogen and oxygen atoms in total. The Balaban J connectivity index is 2.24. The van der Waals surface area contributed by atoms with E-state index in [0.717, 1.165) is 38.2 Å². The second kappa shape index (κ2) is 4.66. The van der Waals surface area contributed by atoms with E-state index in [1.807, 2.05) is 4.90 Å². The predicted molar refractivity (Wildman–Crippen MR) is 64.3 cm³/mol. The van der Waals surface area contributed by atoms with Crippen molar-refractivity contribution >= 4 is 11.5 Å². The second-order valence-electron chi connectivity index (χ2n) is 4.83. The second-order valence-corrected chi connectivity index (χ2v) is 4.83. The number of pyridine rings is 1. The van der Waals surface area contributed by atoms with Crippen molar-refractivity contribution in [1.82, 2.24) is 4.98 Å². The summed E-state index contributed by atoms with van der Waals surface area (Å²) in [7, 11) is 0. The number of hydrogen-bond donors (Lipinski definition) is 1. The average molecular weight is 259 g/mol. The number of nitrogen functional groups attached to an aromatic ring is 1. The lowest BCUT2D eigenvalue weighted by Gasteiger charge is -2.32. The number of anilines is 2. The van der Waals surface area contributed by atoms with Crippen molar-refractivity contribution in [2.75, 3.05) is 23.7 Å². The van der Waals surface area contributed by atoms with Crippen LogP contribution in [0.2, 0.25) is 0 Å².